The second-order valence-corrected chi connectivity index (χ2v) is 4.89. The van der Waals surface area contributed by atoms with Crippen molar-refractivity contribution in [1.82, 2.24) is 15.5 Å². The van der Waals surface area contributed by atoms with Gasteiger partial charge in [-0.25, -0.2) is 0 Å². The van der Waals surface area contributed by atoms with Crippen LogP contribution in [0.15, 0.2) is 0 Å². The molecule has 7 heteroatoms. The van der Waals surface area contributed by atoms with E-state index in [2.05, 4.69) is 34.7 Å². The fraction of sp³-hybridized carbons (Fsp3) is 0.667. The van der Waals surface area contributed by atoms with Crippen LogP contribution in [0.25, 0.3) is 0 Å². The summed E-state index contributed by atoms with van der Waals surface area (Å²) in [4.78, 5) is 11.5. The Labute approximate surface area is 104 Å². The summed E-state index contributed by atoms with van der Waals surface area (Å²) >= 11 is 1.44. The molecule has 2 rings (SSSR count). The van der Waals surface area contributed by atoms with Crippen LogP contribution in [-0.2, 0) is 4.79 Å². The molecule has 1 aliphatic heterocycles. The molecule has 0 spiro atoms. The largest absolute Gasteiger partial charge is 0.306 e. The van der Waals surface area contributed by atoms with Gasteiger partial charge in [0.25, 0.3) is 0 Å². The molecule has 16 heavy (non-hydrogen) atoms. The molecule has 1 saturated heterocycles. The van der Waals surface area contributed by atoms with Crippen molar-refractivity contribution in [3.63, 3.8) is 0 Å². The molecular weight excluding hydrogens is 248 g/mol. The maximum atomic E-state index is 11.5. The predicted molar refractivity (Wildman–Crippen MR) is 66.3 cm³/mol. The van der Waals surface area contributed by atoms with Crippen LogP contribution in [0.3, 0.4) is 0 Å². The first-order valence-corrected chi connectivity index (χ1v) is 5.86. The van der Waals surface area contributed by atoms with E-state index in [0.717, 1.165) is 18.0 Å². The second kappa shape index (κ2) is 5.56. The summed E-state index contributed by atoms with van der Waals surface area (Å²) in [5, 5.41) is 15.3. The number of rotatable bonds is 3. The molecule has 1 aromatic heterocycles. The van der Waals surface area contributed by atoms with Crippen LogP contribution in [0, 0.1) is 0 Å². The molecule has 0 aliphatic carbocycles. The Morgan fingerprint density at radius 3 is 2.69 bits per heavy atom. The van der Waals surface area contributed by atoms with Gasteiger partial charge in [-0.15, -0.1) is 22.6 Å². The summed E-state index contributed by atoms with van der Waals surface area (Å²) in [6.45, 7) is 5.03. The van der Waals surface area contributed by atoms with Crippen LogP contribution >= 0.6 is 23.7 Å². The van der Waals surface area contributed by atoms with Crippen LogP contribution in [0.1, 0.15) is 31.2 Å². The SMILES string of the molecule is CC(C)c1nnc(NC(=O)[C@H]2CCN2)s1.Cl. The van der Waals surface area contributed by atoms with Crippen molar-refractivity contribution in [2.75, 3.05) is 11.9 Å². The van der Waals surface area contributed by atoms with Crippen LogP contribution in [0.2, 0.25) is 0 Å². The second-order valence-electron chi connectivity index (χ2n) is 3.88. The van der Waals surface area contributed by atoms with Gasteiger partial charge in [0.2, 0.25) is 11.0 Å². The van der Waals surface area contributed by atoms with Gasteiger partial charge in [0, 0.05) is 5.92 Å². The summed E-state index contributed by atoms with van der Waals surface area (Å²) in [7, 11) is 0. The lowest BCUT2D eigenvalue weighted by Gasteiger charge is -2.25. The third kappa shape index (κ3) is 2.90. The number of carbonyl (C=O) groups is 1. The van der Waals surface area contributed by atoms with Gasteiger partial charge in [0.05, 0.1) is 6.04 Å². The van der Waals surface area contributed by atoms with Gasteiger partial charge < -0.3 is 5.32 Å². The fourth-order valence-corrected chi connectivity index (χ4v) is 1.97. The maximum Gasteiger partial charge on any atom is 0.243 e. The summed E-state index contributed by atoms with van der Waals surface area (Å²) in [5.41, 5.74) is 0. The molecule has 2 N–H and O–H groups in total. The van der Waals surface area contributed by atoms with Crippen molar-refractivity contribution in [1.29, 1.82) is 0 Å². The highest BCUT2D eigenvalue weighted by atomic mass is 35.5. The number of hydrogen-bond donors (Lipinski definition) is 2. The number of nitrogens with zero attached hydrogens (tertiary/aromatic N) is 2. The molecule has 2 heterocycles. The Morgan fingerprint density at radius 1 is 1.56 bits per heavy atom. The smallest absolute Gasteiger partial charge is 0.243 e. The van der Waals surface area contributed by atoms with Crippen LogP contribution < -0.4 is 10.6 Å². The number of nitrogens with one attached hydrogen (secondary N) is 2. The predicted octanol–water partition coefficient (Wildman–Crippen LogP) is 1.38. The number of halogens is 1. The van der Waals surface area contributed by atoms with Crippen molar-refractivity contribution in [3.8, 4) is 0 Å². The first-order chi connectivity index (χ1) is 7.16. The topological polar surface area (TPSA) is 66.9 Å². The normalized spacial score (nSPS) is 18.8. The van der Waals surface area contributed by atoms with Gasteiger partial charge in [-0.05, 0) is 13.0 Å². The molecule has 5 nitrogen and oxygen atoms in total. The molecule has 90 valence electrons. The number of aromatic nitrogens is 2. The average molecular weight is 263 g/mol. The Morgan fingerprint density at radius 2 is 2.25 bits per heavy atom. The number of carbonyl (C=O) groups excluding carboxylic acids is 1. The Hall–Kier alpha value is -0.720. The maximum absolute atomic E-state index is 11.5. The third-order valence-electron chi connectivity index (χ3n) is 2.30. The highest BCUT2D eigenvalue weighted by Gasteiger charge is 2.25. The number of anilines is 1. The van der Waals surface area contributed by atoms with Gasteiger partial charge in [-0.3, -0.25) is 10.1 Å². The van der Waals surface area contributed by atoms with E-state index in [9.17, 15) is 4.79 Å². The van der Waals surface area contributed by atoms with E-state index in [-0.39, 0.29) is 24.4 Å². The van der Waals surface area contributed by atoms with Gasteiger partial charge in [-0.2, -0.15) is 0 Å². The van der Waals surface area contributed by atoms with Crippen LogP contribution in [0.5, 0.6) is 0 Å². The highest BCUT2D eigenvalue weighted by molar-refractivity contribution is 7.15. The van der Waals surface area contributed by atoms with Crippen molar-refractivity contribution in [2.24, 2.45) is 0 Å². The summed E-state index contributed by atoms with van der Waals surface area (Å²) in [6.07, 6.45) is 0.904. The lowest BCUT2D eigenvalue weighted by molar-refractivity contribution is -0.119. The Kier molecular flexibility index (Phi) is 4.64. The first kappa shape index (κ1) is 13.3. The van der Waals surface area contributed by atoms with E-state index in [4.69, 9.17) is 0 Å². The molecule has 0 bridgehead atoms. The zero-order valence-corrected chi connectivity index (χ0v) is 10.8. The zero-order chi connectivity index (χ0) is 10.8. The lowest BCUT2D eigenvalue weighted by Crippen LogP contribution is -2.50. The molecule has 1 fully saturated rings. The van der Waals surface area contributed by atoms with E-state index in [1.807, 2.05) is 0 Å². The molecule has 1 aliphatic rings. The fourth-order valence-electron chi connectivity index (χ4n) is 1.22. The van der Waals surface area contributed by atoms with Gasteiger partial charge in [0.1, 0.15) is 5.01 Å². The Balaban J connectivity index is 0.00000128. The van der Waals surface area contributed by atoms with Gasteiger partial charge >= 0.3 is 0 Å². The summed E-state index contributed by atoms with van der Waals surface area (Å²) in [5.74, 6) is 0.350. The average Bonchev–Trinajstić information content (AvgIpc) is 2.48. The van der Waals surface area contributed by atoms with Crippen molar-refractivity contribution < 1.29 is 4.79 Å². The van der Waals surface area contributed by atoms with Gasteiger partial charge in [-0.1, -0.05) is 25.2 Å². The zero-order valence-electron chi connectivity index (χ0n) is 9.19. The number of hydrogen-bond acceptors (Lipinski definition) is 5. The molecule has 1 aromatic rings. The molecular formula is C9H15ClN4OS. The minimum Gasteiger partial charge on any atom is -0.306 e. The van der Waals surface area contributed by atoms with Crippen LogP contribution in [-0.4, -0.2) is 28.7 Å². The summed E-state index contributed by atoms with van der Waals surface area (Å²) in [6, 6.07) is -0.0450. The van der Waals surface area contributed by atoms with Crippen molar-refractivity contribution in [3.05, 3.63) is 5.01 Å². The Bertz CT molecular complexity index is 364. The molecule has 0 aromatic carbocycles. The van der Waals surface area contributed by atoms with Gasteiger partial charge in [0.15, 0.2) is 0 Å². The molecule has 0 saturated carbocycles. The minimum atomic E-state index is -0.0450. The van der Waals surface area contributed by atoms with Crippen molar-refractivity contribution >= 4 is 34.8 Å². The number of amides is 1. The highest BCUT2D eigenvalue weighted by Crippen LogP contribution is 2.22. The lowest BCUT2D eigenvalue weighted by atomic mass is 10.1. The molecule has 1 atom stereocenters. The standard InChI is InChI=1S/C9H14N4OS.ClH/c1-5(2)8-12-13-9(15-8)11-7(14)6-3-4-10-6;/h5-6,10H,3-4H2,1-2H3,(H,11,13,14);1H/t6-;/m1./s1. The first-order valence-electron chi connectivity index (χ1n) is 5.04. The van der Waals surface area contributed by atoms with E-state index < -0.39 is 0 Å². The van der Waals surface area contributed by atoms with Crippen molar-refractivity contribution in [2.45, 2.75) is 32.2 Å². The summed E-state index contributed by atoms with van der Waals surface area (Å²) < 4.78 is 0. The van der Waals surface area contributed by atoms with E-state index in [1.165, 1.54) is 11.3 Å². The molecule has 1 amide bonds. The third-order valence-corrected chi connectivity index (χ3v) is 3.44. The van der Waals surface area contributed by atoms with E-state index in [0.29, 0.717) is 11.0 Å². The monoisotopic (exact) mass is 262 g/mol. The molecule has 0 radical (unpaired) electrons. The van der Waals surface area contributed by atoms with E-state index >= 15 is 0 Å². The molecule has 0 unspecified atom stereocenters. The van der Waals surface area contributed by atoms with E-state index in [1.54, 1.807) is 0 Å². The quantitative estimate of drug-likeness (QED) is 0.864. The minimum absolute atomic E-state index is 0. The van der Waals surface area contributed by atoms with Crippen LogP contribution in [0.4, 0.5) is 5.13 Å².